The van der Waals surface area contributed by atoms with E-state index >= 15 is 0 Å². The van der Waals surface area contributed by atoms with Gasteiger partial charge in [-0.1, -0.05) is 12.2 Å². The van der Waals surface area contributed by atoms with E-state index in [4.69, 9.17) is 0 Å². The Morgan fingerprint density at radius 1 is 1.12 bits per heavy atom. The van der Waals surface area contributed by atoms with E-state index in [9.17, 15) is 22.8 Å². The zero-order chi connectivity index (χ0) is 12.6. The Morgan fingerprint density at radius 2 is 1.69 bits per heavy atom. The number of ether oxygens (including phenoxy) is 2. The van der Waals surface area contributed by atoms with Crippen LogP contribution in [0.15, 0.2) is 12.2 Å². The summed E-state index contributed by atoms with van der Waals surface area (Å²) < 4.78 is 43.5. The lowest BCUT2D eigenvalue weighted by Gasteiger charge is -2.02. The molecule has 0 N–H and O–H groups in total. The summed E-state index contributed by atoms with van der Waals surface area (Å²) in [5.41, 5.74) is 0. The van der Waals surface area contributed by atoms with Gasteiger partial charge in [0.1, 0.15) is 6.61 Å². The van der Waals surface area contributed by atoms with Crippen LogP contribution in [-0.2, 0) is 19.1 Å². The van der Waals surface area contributed by atoms with Crippen molar-refractivity contribution in [2.75, 3.05) is 13.2 Å². The molecule has 0 aliphatic heterocycles. The highest BCUT2D eigenvalue weighted by Crippen LogP contribution is 2.19. The Bertz CT molecular complexity index is 270. The van der Waals surface area contributed by atoms with Crippen molar-refractivity contribution in [3.8, 4) is 0 Å². The van der Waals surface area contributed by atoms with E-state index in [1.165, 1.54) is 6.92 Å². The number of hydrogen-bond donors (Lipinski definition) is 0. The number of alkyl halides is 3. The molecule has 0 fully saturated rings. The lowest BCUT2D eigenvalue weighted by molar-refractivity contribution is -0.166. The highest BCUT2D eigenvalue weighted by molar-refractivity contribution is 6.29. The van der Waals surface area contributed by atoms with Crippen LogP contribution in [0.1, 0.15) is 13.3 Å². The molecule has 92 valence electrons. The molecule has 0 spiro atoms. The first-order chi connectivity index (χ1) is 7.37. The van der Waals surface area contributed by atoms with E-state index in [1.807, 2.05) is 0 Å². The second kappa shape index (κ2) is 6.86. The summed E-state index contributed by atoms with van der Waals surface area (Å²) >= 11 is 0. The molecular formula is C9H11F3O4. The van der Waals surface area contributed by atoms with Gasteiger partial charge in [-0.25, -0.2) is 9.59 Å². The molecule has 0 saturated heterocycles. The van der Waals surface area contributed by atoms with E-state index in [-0.39, 0.29) is 6.61 Å². The highest BCUT2D eigenvalue weighted by atomic mass is 19.4. The highest BCUT2D eigenvalue weighted by Gasteiger charge is 2.24. The molecule has 0 heterocycles. The SMILES string of the molecule is CCOC(=O)C(=O)OCC=CCC(F)(F)F. The molecule has 0 aliphatic carbocycles. The minimum absolute atomic E-state index is 0.0256. The van der Waals surface area contributed by atoms with Crippen molar-refractivity contribution in [1.29, 1.82) is 0 Å². The number of carbonyl (C=O) groups is 2. The Hall–Kier alpha value is -1.53. The van der Waals surface area contributed by atoms with Gasteiger partial charge in [-0.05, 0) is 6.92 Å². The third-order valence-corrected chi connectivity index (χ3v) is 1.27. The van der Waals surface area contributed by atoms with Crippen LogP contribution in [0.5, 0.6) is 0 Å². The molecule has 0 aromatic rings. The summed E-state index contributed by atoms with van der Waals surface area (Å²) in [4.78, 5) is 21.4. The third kappa shape index (κ3) is 7.84. The maximum atomic E-state index is 11.6. The summed E-state index contributed by atoms with van der Waals surface area (Å²) in [6.07, 6.45) is -3.59. The molecule has 0 amide bonds. The molecule has 0 radical (unpaired) electrons. The van der Waals surface area contributed by atoms with Crippen LogP contribution in [0.2, 0.25) is 0 Å². The Kier molecular flexibility index (Phi) is 6.21. The number of carbonyl (C=O) groups excluding carboxylic acids is 2. The second-order valence-electron chi connectivity index (χ2n) is 2.61. The first kappa shape index (κ1) is 14.5. The van der Waals surface area contributed by atoms with Crippen molar-refractivity contribution in [3.05, 3.63) is 12.2 Å². The molecule has 0 saturated carbocycles. The normalized spacial score (nSPS) is 11.5. The quantitative estimate of drug-likeness (QED) is 0.425. The fourth-order valence-corrected chi connectivity index (χ4v) is 0.658. The maximum absolute atomic E-state index is 11.6. The molecule has 16 heavy (non-hydrogen) atoms. The van der Waals surface area contributed by atoms with Gasteiger partial charge >= 0.3 is 18.1 Å². The van der Waals surface area contributed by atoms with Crippen molar-refractivity contribution in [1.82, 2.24) is 0 Å². The third-order valence-electron chi connectivity index (χ3n) is 1.27. The van der Waals surface area contributed by atoms with E-state index in [0.717, 1.165) is 12.2 Å². The van der Waals surface area contributed by atoms with E-state index in [1.54, 1.807) is 0 Å². The fraction of sp³-hybridized carbons (Fsp3) is 0.556. The van der Waals surface area contributed by atoms with Crippen molar-refractivity contribution in [2.24, 2.45) is 0 Å². The number of hydrogen-bond acceptors (Lipinski definition) is 4. The van der Waals surface area contributed by atoms with Crippen molar-refractivity contribution < 1.29 is 32.2 Å². The van der Waals surface area contributed by atoms with Crippen LogP contribution in [0.3, 0.4) is 0 Å². The van der Waals surface area contributed by atoms with Crippen LogP contribution >= 0.6 is 0 Å². The van der Waals surface area contributed by atoms with Gasteiger partial charge < -0.3 is 9.47 Å². The Labute approximate surface area is 90.0 Å². The van der Waals surface area contributed by atoms with E-state index in [2.05, 4.69) is 9.47 Å². The lowest BCUT2D eigenvalue weighted by atomic mass is 10.4. The molecule has 0 rings (SSSR count). The van der Waals surface area contributed by atoms with Gasteiger partial charge in [-0.2, -0.15) is 13.2 Å². The van der Waals surface area contributed by atoms with E-state index in [0.29, 0.717) is 0 Å². The first-order valence-electron chi connectivity index (χ1n) is 4.42. The zero-order valence-electron chi connectivity index (χ0n) is 8.54. The van der Waals surface area contributed by atoms with Gasteiger partial charge in [-0.15, -0.1) is 0 Å². The molecule has 0 aliphatic rings. The molecule has 0 atom stereocenters. The molecule has 7 heteroatoms. The number of rotatable bonds is 4. The second-order valence-corrected chi connectivity index (χ2v) is 2.61. The first-order valence-corrected chi connectivity index (χ1v) is 4.42. The monoisotopic (exact) mass is 240 g/mol. The summed E-state index contributed by atoms with van der Waals surface area (Å²) in [5.74, 6) is -2.38. The predicted octanol–water partition coefficient (Wildman–Crippen LogP) is 1.60. The zero-order valence-corrected chi connectivity index (χ0v) is 8.54. The smallest absolute Gasteiger partial charge is 0.417 e. The maximum Gasteiger partial charge on any atom is 0.417 e. The Morgan fingerprint density at radius 3 is 2.19 bits per heavy atom. The number of halogens is 3. The fourth-order valence-electron chi connectivity index (χ4n) is 0.658. The lowest BCUT2D eigenvalue weighted by Crippen LogP contribution is -2.20. The van der Waals surface area contributed by atoms with Gasteiger partial charge in [0, 0.05) is 0 Å². The van der Waals surface area contributed by atoms with Crippen LogP contribution in [-0.4, -0.2) is 31.3 Å². The van der Waals surface area contributed by atoms with E-state index < -0.39 is 31.1 Å². The summed E-state index contributed by atoms with van der Waals surface area (Å²) in [5, 5.41) is 0. The minimum atomic E-state index is -4.29. The van der Waals surface area contributed by atoms with Gasteiger partial charge in [-0.3, -0.25) is 0 Å². The molecule has 4 nitrogen and oxygen atoms in total. The van der Waals surface area contributed by atoms with Crippen LogP contribution in [0, 0.1) is 0 Å². The number of allylic oxidation sites excluding steroid dienone is 1. The topological polar surface area (TPSA) is 52.6 Å². The Balaban J connectivity index is 3.74. The van der Waals surface area contributed by atoms with Crippen LogP contribution < -0.4 is 0 Å². The summed E-state index contributed by atoms with van der Waals surface area (Å²) in [7, 11) is 0. The summed E-state index contributed by atoms with van der Waals surface area (Å²) in [6.45, 7) is 1.14. The minimum Gasteiger partial charge on any atom is -0.458 e. The molecule has 0 aromatic carbocycles. The van der Waals surface area contributed by atoms with Gasteiger partial charge in [0.2, 0.25) is 0 Å². The van der Waals surface area contributed by atoms with Gasteiger partial charge in [0.25, 0.3) is 0 Å². The predicted molar refractivity (Wildman–Crippen MR) is 47.4 cm³/mol. The van der Waals surface area contributed by atoms with Gasteiger partial charge in [0.05, 0.1) is 13.0 Å². The molecule has 0 bridgehead atoms. The average molecular weight is 240 g/mol. The van der Waals surface area contributed by atoms with Crippen LogP contribution in [0.25, 0.3) is 0 Å². The van der Waals surface area contributed by atoms with Crippen LogP contribution in [0.4, 0.5) is 13.2 Å². The van der Waals surface area contributed by atoms with Crippen molar-refractivity contribution in [3.63, 3.8) is 0 Å². The van der Waals surface area contributed by atoms with Crippen molar-refractivity contribution >= 4 is 11.9 Å². The molecule has 0 aromatic heterocycles. The molecule has 0 unspecified atom stereocenters. The number of esters is 2. The largest absolute Gasteiger partial charge is 0.458 e. The molecular weight excluding hydrogens is 229 g/mol. The van der Waals surface area contributed by atoms with Crippen molar-refractivity contribution in [2.45, 2.75) is 19.5 Å². The van der Waals surface area contributed by atoms with Gasteiger partial charge in [0.15, 0.2) is 0 Å². The summed E-state index contributed by atoms with van der Waals surface area (Å²) in [6, 6.07) is 0. The standard InChI is InChI=1S/C9H11F3O4/c1-2-15-7(13)8(14)16-6-4-3-5-9(10,11)12/h3-4H,2,5-6H2,1H3. The average Bonchev–Trinajstić information content (AvgIpc) is 2.15.